The number of hydrogen-bond donors (Lipinski definition) is 2. The SMILES string of the molecule is C[C@@H](NC(N)=O)c1ccc(F)c(Cl)c1. The molecule has 2 amide bonds. The van der Waals surface area contributed by atoms with Gasteiger partial charge in [0.25, 0.3) is 0 Å². The molecular formula is C9H10ClFN2O. The van der Waals surface area contributed by atoms with Crippen molar-refractivity contribution in [1.82, 2.24) is 5.32 Å². The maximum atomic E-state index is 12.8. The van der Waals surface area contributed by atoms with Gasteiger partial charge in [-0.05, 0) is 24.6 Å². The summed E-state index contributed by atoms with van der Waals surface area (Å²) in [5, 5.41) is 2.49. The van der Waals surface area contributed by atoms with Gasteiger partial charge in [-0.1, -0.05) is 17.7 Å². The van der Waals surface area contributed by atoms with E-state index < -0.39 is 11.8 Å². The molecule has 0 spiro atoms. The number of primary amides is 1. The van der Waals surface area contributed by atoms with Crippen molar-refractivity contribution < 1.29 is 9.18 Å². The normalized spacial score (nSPS) is 12.2. The van der Waals surface area contributed by atoms with Gasteiger partial charge in [0.15, 0.2) is 0 Å². The third-order valence-electron chi connectivity index (χ3n) is 1.80. The number of carbonyl (C=O) groups is 1. The molecule has 0 saturated heterocycles. The number of carbonyl (C=O) groups excluding carboxylic acids is 1. The van der Waals surface area contributed by atoms with E-state index in [0.29, 0.717) is 5.56 Å². The van der Waals surface area contributed by atoms with Crippen LogP contribution in [0.5, 0.6) is 0 Å². The molecule has 14 heavy (non-hydrogen) atoms. The molecule has 0 aliphatic heterocycles. The third kappa shape index (κ3) is 2.60. The number of rotatable bonds is 2. The molecule has 0 aliphatic rings. The van der Waals surface area contributed by atoms with Crippen LogP contribution in [-0.4, -0.2) is 6.03 Å². The monoisotopic (exact) mass is 216 g/mol. The van der Waals surface area contributed by atoms with Crippen LogP contribution in [0.3, 0.4) is 0 Å². The van der Waals surface area contributed by atoms with E-state index in [-0.39, 0.29) is 11.1 Å². The van der Waals surface area contributed by atoms with E-state index in [9.17, 15) is 9.18 Å². The molecule has 76 valence electrons. The Kier molecular flexibility index (Phi) is 3.30. The summed E-state index contributed by atoms with van der Waals surface area (Å²) < 4.78 is 12.8. The second-order valence-electron chi connectivity index (χ2n) is 2.90. The first-order chi connectivity index (χ1) is 6.50. The predicted octanol–water partition coefficient (Wildman–Crippen LogP) is 2.21. The van der Waals surface area contributed by atoms with Crippen LogP contribution in [0.25, 0.3) is 0 Å². The van der Waals surface area contributed by atoms with Crippen molar-refractivity contribution in [2.24, 2.45) is 5.73 Å². The molecule has 0 bridgehead atoms. The molecule has 5 heteroatoms. The van der Waals surface area contributed by atoms with Gasteiger partial charge in [0.05, 0.1) is 11.1 Å². The van der Waals surface area contributed by atoms with Crippen molar-refractivity contribution in [3.63, 3.8) is 0 Å². The Bertz CT molecular complexity index is 357. The maximum Gasteiger partial charge on any atom is 0.312 e. The van der Waals surface area contributed by atoms with Gasteiger partial charge in [0, 0.05) is 0 Å². The maximum absolute atomic E-state index is 12.8. The summed E-state index contributed by atoms with van der Waals surface area (Å²) in [5.41, 5.74) is 5.65. The van der Waals surface area contributed by atoms with Crippen LogP contribution >= 0.6 is 11.6 Å². The summed E-state index contributed by atoms with van der Waals surface area (Å²) in [6.07, 6.45) is 0. The van der Waals surface area contributed by atoms with Crippen molar-refractivity contribution in [2.75, 3.05) is 0 Å². The summed E-state index contributed by atoms with van der Waals surface area (Å²) >= 11 is 5.58. The van der Waals surface area contributed by atoms with Crippen molar-refractivity contribution in [3.8, 4) is 0 Å². The molecule has 0 aromatic heterocycles. The highest BCUT2D eigenvalue weighted by atomic mass is 35.5. The standard InChI is InChI=1S/C9H10ClFN2O/c1-5(13-9(12)14)6-2-3-8(11)7(10)4-6/h2-5H,1H3,(H3,12,13,14)/t5-/m1/s1. The van der Waals surface area contributed by atoms with Crippen LogP contribution in [0.15, 0.2) is 18.2 Å². The van der Waals surface area contributed by atoms with E-state index in [1.165, 1.54) is 12.1 Å². The lowest BCUT2D eigenvalue weighted by Gasteiger charge is -2.12. The van der Waals surface area contributed by atoms with Crippen molar-refractivity contribution in [3.05, 3.63) is 34.6 Å². The topological polar surface area (TPSA) is 55.1 Å². The van der Waals surface area contributed by atoms with Gasteiger partial charge < -0.3 is 11.1 Å². The van der Waals surface area contributed by atoms with Gasteiger partial charge in [0.2, 0.25) is 0 Å². The van der Waals surface area contributed by atoms with Gasteiger partial charge in [-0.15, -0.1) is 0 Å². The fourth-order valence-electron chi connectivity index (χ4n) is 1.08. The molecule has 0 unspecified atom stereocenters. The molecular weight excluding hydrogens is 207 g/mol. The van der Waals surface area contributed by atoms with Crippen molar-refractivity contribution in [2.45, 2.75) is 13.0 Å². The van der Waals surface area contributed by atoms with E-state index in [0.717, 1.165) is 0 Å². The molecule has 1 rings (SSSR count). The fraction of sp³-hybridized carbons (Fsp3) is 0.222. The number of halogens is 2. The largest absolute Gasteiger partial charge is 0.352 e. The minimum absolute atomic E-state index is 0.0284. The Balaban J connectivity index is 2.85. The van der Waals surface area contributed by atoms with Crippen molar-refractivity contribution in [1.29, 1.82) is 0 Å². The summed E-state index contributed by atoms with van der Waals surface area (Å²) in [4.78, 5) is 10.5. The Morgan fingerprint density at radius 2 is 2.29 bits per heavy atom. The highest BCUT2D eigenvalue weighted by Gasteiger charge is 2.08. The van der Waals surface area contributed by atoms with Crippen LogP contribution in [-0.2, 0) is 0 Å². The average Bonchev–Trinajstić information content (AvgIpc) is 2.08. The van der Waals surface area contributed by atoms with Crippen molar-refractivity contribution >= 4 is 17.6 Å². The Labute approximate surface area is 86.0 Å². The van der Waals surface area contributed by atoms with Gasteiger partial charge in [-0.25, -0.2) is 9.18 Å². The zero-order valence-corrected chi connectivity index (χ0v) is 8.31. The predicted molar refractivity (Wildman–Crippen MR) is 52.5 cm³/mol. The highest BCUT2D eigenvalue weighted by Crippen LogP contribution is 2.20. The molecule has 3 N–H and O–H groups in total. The molecule has 3 nitrogen and oxygen atoms in total. The minimum Gasteiger partial charge on any atom is -0.352 e. The number of benzene rings is 1. The van der Waals surface area contributed by atoms with Gasteiger partial charge in [0.1, 0.15) is 5.82 Å². The van der Waals surface area contributed by atoms with Crippen LogP contribution in [0.4, 0.5) is 9.18 Å². The van der Waals surface area contributed by atoms with E-state index in [4.69, 9.17) is 17.3 Å². The first-order valence-electron chi connectivity index (χ1n) is 4.01. The number of hydrogen-bond acceptors (Lipinski definition) is 1. The molecule has 0 saturated carbocycles. The average molecular weight is 217 g/mol. The molecule has 0 radical (unpaired) electrons. The van der Waals surface area contributed by atoms with E-state index in [1.54, 1.807) is 13.0 Å². The summed E-state index contributed by atoms with van der Waals surface area (Å²) in [6.45, 7) is 1.73. The number of amides is 2. The molecule has 1 aromatic carbocycles. The number of nitrogens with one attached hydrogen (secondary N) is 1. The second kappa shape index (κ2) is 4.28. The first-order valence-corrected chi connectivity index (χ1v) is 4.39. The van der Waals surface area contributed by atoms with Crippen LogP contribution < -0.4 is 11.1 Å². The van der Waals surface area contributed by atoms with Gasteiger partial charge in [-0.3, -0.25) is 0 Å². The lowest BCUT2D eigenvalue weighted by molar-refractivity contribution is 0.246. The van der Waals surface area contributed by atoms with Gasteiger partial charge >= 0.3 is 6.03 Å². The molecule has 1 aromatic rings. The Hall–Kier alpha value is -1.29. The number of nitrogens with two attached hydrogens (primary N) is 1. The quantitative estimate of drug-likeness (QED) is 0.783. The van der Waals surface area contributed by atoms with Crippen LogP contribution in [0, 0.1) is 5.82 Å². The summed E-state index contributed by atoms with van der Waals surface area (Å²) in [6, 6.07) is 3.33. The van der Waals surface area contributed by atoms with Crippen LogP contribution in [0.1, 0.15) is 18.5 Å². The zero-order chi connectivity index (χ0) is 10.7. The van der Waals surface area contributed by atoms with E-state index in [1.807, 2.05) is 0 Å². The zero-order valence-electron chi connectivity index (χ0n) is 7.55. The first kappa shape index (κ1) is 10.8. The lowest BCUT2D eigenvalue weighted by atomic mass is 10.1. The molecule has 1 atom stereocenters. The Morgan fingerprint density at radius 3 is 2.79 bits per heavy atom. The fourth-order valence-corrected chi connectivity index (χ4v) is 1.27. The third-order valence-corrected chi connectivity index (χ3v) is 2.09. The second-order valence-corrected chi connectivity index (χ2v) is 3.31. The lowest BCUT2D eigenvalue weighted by Crippen LogP contribution is -2.31. The molecule has 0 aliphatic carbocycles. The van der Waals surface area contributed by atoms with E-state index >= 15 is 0 Å². The van der Waals surface area contributed by atoms with E-state index in [2.05, 4.69) is 5.32 Å². The minimum atomic E-state index is -0.627. The Morgan fingerprint density at radius 1 is 1.64 bits per heavy atom. The summed E-state index contributed by atoms with van der Waals surface area (Å²) in [7, 11) is 0. The summed E-state index contributed by atoms with van der Waals surface area (Å²) in [5.74, 6) is -0.485. The molecule has 0 heterocycles. The highest BCUT2D eigenvalue weighted by molar-refractivity contribution is 6.30. The number of urea groups is 1. The smallest absolute Gasteiger partial charge is 0.312 e. The van der Waals surface area contributed by atoms with Gasteiger partial charge in [-0.2, -0.15) is 0 Å². The molecule has 0 fully saturated rings. The van der Waals surface area contributed by atoms with Crippen LogP contribution in [0.2, 0.25) is 5.02 Å².